The van der Waals surface area contributed by atoms with Gasteiger partial charge in [0.2, 0.25) is 0 Å². The standard InChI is InChI=1S/C25H37N6O3/c1-5-6-7-8-13-31-21(26-23-22(31)24(32)28(3)25(33)27(23)2)18-29-14-16-30(17-15-29)19-9-11-20(34-4)12-10-19/h9-12,22H,5-8,13-18H2,1-4H3/q+1. The highest BCUT2D eigenvalue weighted by molar-refractivity contribution is 6.23. The summed E-state index contributed by atoms with van der Waals surface area (Å²) in [5.41, 5.74) is 1.20. The summed E-state index contributed by atoms with van der Waals surface area (Å²) >= 11 is 0. The van der Waals surface area contributed by atoms with E-state index in [1.807, 2.05) is 12.1 Å². The molecule has 4 rings (SSSR count). The fraction of sp³-hybridized carbons (Fsp3) is 0.600. The van der Waals surface area contributed by atoms with E-state index in [4.69, 9.17) is 9.73 Å². The largest absolute Gasteiger partial charge is 0.497 e. The number of carbonyl (C=O) groups excluding carboxylic acids is 2. The first-order valence-corrected chi connectivity index (χ1v) is 12.3. The number of amides is 3. The van der Waals surface area contributed by atoms with Crippen molar-refractivity contribution in [3.05, 3.63) is 24.3 Å². The van der Waals surface area contributed by atoms with Crippen molar-refractivity contribution in [3.8, 4) is 5.75 Å². The van der Waals surface area contributed by atoms with Gasteiger partial charge in [-0.15, -0.1) is 0 Å². The molecule has 3 aliphatic heterocycles. The summed E-state index contributed by atoms with van der Waals surface area (Å²) in [6.07, 6.45) is 4.48. The molecule has 9 heteroatoms. The molecule has 1 aromatic carbocycles. The molecule has 2 fully saturated rings. The maximum Gasteiger partial charge on any atom is 0.333 e. The lowest BCUT2D eigenvalue weighted by atomic mass is 10.1. The fourth-order valence-electron chi connectivity index (χ4n) is 4.90. The number of piperazine rings is 1. The number of urea groups is 1. The molecule has 184 valence electrons. The van der Waals surface area contributed by atoms with Crippen LogP contribution in [-0.4, -0.2) is 109 Å². The van der Waals surface area contributed by atoms with Gasteiger partial charge in [0.05, 0.1) is 13.7 Å². The number of benzene rings is 1. The van der Waals surface area contributed by atoms with Crippen LogP contribution in [0.25, 0.3) is 0 Å². The van der Waals surface area contributed by atoms with Gasteiger partial charge in [0.25, 0.3) is 17.8 Å². The smallest absolute Gasteiger partial charge is 0.333 e. The number of nitrogens with zero attached hydrogens (tertiary/aromatic N) is 6. The van der Waals surface area contributed by atoms with E-state index >= 15 is 0 Å². The van der Waals surface area contributed by atoms with E-state index in [9.17, 15) is 9.59 Å². The normalized spacial score (nSPS) is 21.4. The molecule has 0 saturated carbocycles. The Morgan fingerprint density at radius 1 is 1.00 bits per heavy atom. The fourth-order valence-corrected chi connectivity index (χ4v) is 4.90. The van der Waals surface area contributed by atoms with E-state index in [0.29, 0.717) is 12.4 Å². The van der Waals surface area contributed by atoms with Crippen molar-refractivity contribution < 1.29 is 18.9 Å². The Balaban J connectivity index is 1.46. The number of carbonyl (C=O) groups is 2. The molecular weight excluding hydrogens is 432 g/mol. The lowest BCUT2D eigenvalue weighted by Gasteiger charge is -2.35. The van der Waals surface area contributed by atoms with Crippen LogP contribution in [0.3, 0.4) is 0 Å². The van der Waals surface area contributed by atoms with Crippen LogP contribution in [0, 0.1) is 0 Å². The number of ether oxygens (including phenoxy) is 1. The zero-order valence-electron chi connectivity index (χ0n) is 20.9. The molecule has 3 aliphatic rings. The number of rotatable bonds is 9. The van der Waals surface area contributed by atoms with Crippen LogP contribution in [-0.2, 0) is 4.79 Å². The van der Waals surface area contributed by atoms with E-state index in [0.717, 1.165) is 57.2 Å². The molecule has 0 bridgehead atoms. The van der Waals surface area contributed by atoms with E-state index in [1.54, 1.807) is 21.2 Å². The van der Waals surface area contributed by atoms with Crippen LogP contribution in [0.5, 0.6) is 5.75 Å². The molecule has 0 aromatic heterocycles. The minimum atomic E-state index is -0.495. The molecular formula is C25H37N6O3+. The van der Waals surface area contributed by atoms with Gasteiger partial charge < -0.3 is 9.64 Å². The van der Waals surface area contributed by atoms with Gasteiger partial charge in [0.1, 0.15) is 12.3 Å². The number of hydrogen-bond donors (Lipinski definition) is 0. The van der Waals surface area contributed by atoms with Gasteiger partial charge >= 0.3 is 11.9 Å². The van der Waals surface area contributed by atoms with Crippen LogP contribution < -0.4 is 9.64 Å². The van der Waals surface area contributed by atoms with Gasteiger partial charge in [0.15, 0.2) is 0 Å². The minimum Gasteiger partial charge on any atom is -0.497 e. The minimum absolute atomic E-state index is 0.184. The van der Waals surface area contributed by atoms with Gasteiger partial charge in [-0.05, 0) is 42.1 Å². The summed E-state index contributed by atoms with van der Waals surface area (Å²) in [5.74, 6) is 2.15. The zero-order chi connectivity index (χ0) is 24.2. The number of hydrogen-bond acceptors (Lipinski definition) is 6. The first-order valence-electron chi connectivity index (χ1n) is 12.3. The van der Waals surface area contributed by atoms with Crippen molar-refractivity contribution in [1.29, 1.82) is 0 Å². The zero-order valence-corrected chi connectivity index (χ0v) is 20.9. The van der Waals surface area contributed by atoms with Crippen molar-refractivity contribution in [3.63, 3.8) is 0 Å². The molecule has 0 radical (unpaired) electrons. The third-order valence-electron chi connectivity index (χ3n) is 7.04. The lowest BCUT2D eigenvalue weighted by molar-refractivity contribution is -0.537. The number of aliphatic imine (C=N–C) groups is 1. The molecule has 34 heavy (non-hydrogen) atoms. The van der Waals surface area contributed by atoms with E-state index in [2.05, 4.69) is 33.4 Å². The second kappa shape index (κ2) is 10.5. The van der Waals surface area contributed by atoms with E-state index in [1.165, 1.54) is 28.3 Å². The average Bonchev–Trinajstić information content (AvgIpc) is 3.22. The lowest BCUT2D eigenvalue weighted by Crippen LogP contribution is -2.61. The Morgan fingerprint density at radius 2 is 1.71 bits per heavy atom. The van der Waals surface area contributed by atoms with Crippen LogP contribution in [0.4, 0.5) is 10.5 Å². The Morgan fingerprint density at radius 3 is 2.35 bits per heavy atom. The van der Waals surface area contributed by atoms with Crippen LogP contribution in [0.1, 0.15) is 32.6 Å². The molecule has 2 saturated heterocycles. The highest BCUT2D eigenvalue weighted by Gasteiger charge is 2.52. The summed E-state index contributed by atoms with van der Waals surface area (Å²) in [5, 5.41) is 0. The Kier molecular flexibility index (Phi) is 7.50. The Labute approximate surface area is 202 Å². The second-order valence-electron chi connectivity index (χ2n) is 9.24. The number of unbranched alkanes of at least 4 members (excludes halogenated alkanes) is 3. The maximum absolute atomic E-state index is 13.1. The molecule has 0 N–H and O–H groups in total. The van der Waals surface area contributed by atoms with Gasteiger partial charge in [-0.2, -0.15) is 0 Å². The molecule has 9 nitrogen and oxygen atoms in total. The third kappa shape index (κ3) is 4.80. The van der Waals surface area contributed by atoms with E-state index in [-0.39, 0.29) is 11.9 Å². The molecule has 0 spiro atoms. The molecule has 3 amide bonds. The maximum atomic E-state index is 13.1. The summed E-state index contributed by atoms with van der Waals surface area (Å²) in [4.78, 5) is 37.9. The summed E-state index contributed by atoms with van der Waals surface area (Å²) < 4.78 is 7.41. The topological polar surface area (TPSA) is 71.7 Å². The molecule has 1 aromatic rings. The van der Waals surface area contributed by atoms with Crippen LogP contribution in [0.2, 0.25) is 0 Å². The number of anilines is 1. The van der Waals surface area contributed by atoms with Crippen molar-refractivity contribution in [1.82, 2.24) is 14.7 Å². The quantitative estimate of drug-likeness (QED) is 0.409. The predicted molar refractivity (Wildman–Crippen MR) is 133 cm³/mol. The number of imide groups is 1. The highest BCUT2D eigenvalue weighted by atomic mass is 16.5. The average molecular weight is 470 g/mol. The molecule has 3 heterocycles. The number of fused-ring (bicyclic) bond motifs is 1. The Bertz CT molecular complexity index is 965. The summed E-state index contributed by atoms with van der Waals surface area (Å²) in [7, 11) is 4.95. The number of likely N-dealkylation sites (N-methyl/N-ethyl adjacent to an activating group) is 2. The van der Waals surface area contributed by atoms with Crippen molar-refractivity contribution in [2.24, 2.45) is 4.99 Å². The van der Waals surface area contributed by atoms with Gasteiger partial charge in [-0.25, -0.2) is 9.37 Å². The van der Waals surface area contributed by atoms with Gasteiger partial charge in [-0.3, -0.25) is 19.5 Å². The first kappa shape index (κ1) is 24.2. The molecule has 1 atom stereocenters. The Hall–Kier alpha value is -2.94. The molecule has 0 aliphatic carbocycles. The third-order valence-corrected chi connectivity index (χ3v) is 7.04. The monoisotopic (exact) mass is 469 g/mol. The van der Waals surface area contributed by atoms with Crippen LogP contribution >= 0.6 is 0 Å². The SMILES string of the molecule is CCCCCC[N+]1=C(CN2CCN(c3ccc(OC)cc3)CC2)N=C2C1C(=O)N(C)C(=O)N2C. The second-order valence-corrected chi connectivity index (χ2v) is 9.24. The first-order chi connectivity index (χ1) is 16.4. The molecule has 1 unspecified atom stereocenters. The van der Waals surface area contributed by atoms with Crippen LogP contribution in [0.15, 0.2) is 29.3 Å². The van der Waals surface area contributed by atoms with Crippen molar-refractivity contribution in [2.75, 3.05) is 65.4 Å². The highest BCUT2D eigenvalue weighted by Crippen LogP contribution is 2.22. The number of methoxy groups -OCH3 is 1. The summed E-state index contributed by atoms with van der Waals surface area (Å²) in [6, 6.07) is 7.38. The van der Waals surface area contributed by atoms with E-state index < -0.39 is 6.04 Å². The van der Waals surface area contributed by atoms with Gasteiger partial charge in [0, 0.05) is 46.0 Å². The summed E-state index contributed by atoms with van der Waals surface area (Å²) in [6.45, 7) is 7.34. The van der Waals surface area contributed by atoms with Crippen molar-refractivity contribution >= 4 is 29.3 Å². The number of amidine groups is 2. The van der Waals surface area contributed by atoms with Gasteiger partial charge in [-0.1, -0.05) is 19.8 Å². The van der Waals surface area contributed by atoms with Crippen molar-refractivity contribution in [2.45, 2.75) is 38.6 Å². The predicted octanol–water partition coefficient (Wildman–Crippen LogP) is 2.11.